The monoisotopic (exact) mass is 420 g/mol. The second-order valence-corrected chi connectivity index (χ2v) is 7.27. The summed E-state index contributed by atoms with van der Waals surface area (Å²) in [5.41, 5.74) is 2.53. The van der Waals surface area contributed by atoms with Crippen molar-refractivity contribution in [2.75, 3.05) is 13.2 Å². The van der Waals surface area contributed by atoms with Gasteiger partial charge in [-0.15, -0.1) is 0 Å². The van der Waals surface area contributed by atoms with Crippen molar-refractivity contribution in [1.29, 1.82) is 0 Å². The molecule has 4 heteroatoms. The summed E-state index contributed by atoms with van der Waals surface area (Å²) in [6.07, 6.45) is 10.5. The van der Waals surface area contributed by atoms with Gasteiger partial charge in [0.1, 0.15) is 11.5 Å². The third kappa shape index (κ3) is 9.94. The van der Waals surface area contributed by atoms with Crippen molar-refractivity contribution in [2.24, 2.45) is 0 Å². The number of hydrogen-bond donors (Lipinski definition) is 0. The van der Waals surface area contributed by atoms with Gasteiger partial charge < -0.3 is 9.47 Å². The quantitative estimate of drug-likeness (QED) is 0.368. The van der Waals surface area contributed by atoms with Crippen molar-refractivity contribution >= 4 is 11.6 Å². The molecule has 0 aliphatic carbocycles. The number of allylic oxidation sites excluding steroid dienone is 4. The lowest BCUT2D eigenvalue weighted by Crippen LogP contribution is -2.03. The molecule has 4 nitrogen and oxygen atoms in total. The molecule has 0 saturated heterocycles. The molecule has 2 aromatic rings. The van der Waals surface area contributed by atoms with Gasteiger partial charge in [-0.05, 0) is 80.7 Å². The van der Waals surface area contributed by atoms with Crippen LogP contribution in [0.1, 0.15) is 44.2 Å². The first-order valence-electron chi connectivity index (χ1n) is 10.8. The molecule has 0 unspecified atom stereocenters. The van der Waals surface area contributed by atoms with Crippen LogP contribution < -0.4 is 9.47 Å². The van der Waals surface area contributed by atoms with E-state index in [1.807, 2.05) is 38.1 Å². The van der Waals surface area contributed by atoms with Gasteiger partial charge in [-0.2, -0.15) is 0 Å². The molecule has 2 rings (SSSR count). The molecule has 0 aromatic heterocycles. The van der Waals surface area contributed by atoms with Gasteiger partial charge in [-0.25, -0.2) is 0 Å². The Labute approximate surface area is 185 Å². The lowest BCUT2D eigenvalue weighted by Gasteiger charge is -2.08. The van der Waals surface area contributed by atoms with E-state index in [0.29, 0.717) is 26.1 Å². The Balaban J connectivity index is 1.67. The van der Waals surface area contributed by atoms with E-state index in [1.165, 1.54) is 11.1 Å². The van der Waals surface area contributed by atoms with Gasteiger partial charge in [-0.1, -0.05) is 36.4 Å². The van der Waals surface area contributed by atoms with Gasteiger partial charge in [0.05, 0.1) is 13.2 Å². The fourth-order valence-corrected chi connectivity index (χ4v) is 3.08. The fourth-order valence-electron chi connectivity index (χ4n) is 3.08. The zero-order valence-electron chi connectivity index (χ0n) is 18.5. The number of aryl methyl sites for hydroxylation is 2. The minimum Gasteiger partial charge on any atom is -0.493 e. The highest BCUT2D eigenvalue weighted by Gasteiger charge is 2.02. The van der Waals surface area contributed by atoms with E-state index in [-0.39, 0.29) is 11.6 Å². The van der Waals surface area contributed by atoms with E-state index in [4.69, 9.17) is 9.47 Å². The Morgan fingerprint density at radius 3 is 1.42 bits per heavy atom. The number of hydrogen-bond acceptors (Lipinski definition) is 4. The molecule has 0 atom stereocenters. The molecule has 2 aromatic carbocycles. The molecular weight excluding hydrogens is 388 g/mol. The smallest absolute Gasteiger partial charge is 0.158 e. The van der Waals surface area contributed by atoms with Crippen LogP contribution in [0.2, 0.25) is 0 Å². The molecular formula is C27H32O4. The van der Waals surface area contributed by atoms with Crippen LogP contribution >= 0.6 is 0 Å². The fraction of sp³-hybridized carbons (Fsp3) is 0.333. The van der Waals surface area contributed by atoms with E-state index < -0.39 is 0 Å². The van der Waals surface area contributed by atoms with Crippen LogP contribution in [0.25, 0.3) is 0 Å². The van der Waals surface area contributed by atoms with Crippen LogP contribution in [0.3, 0.4) is 0 Å². The molecule has 0 aliphatic heterocycles. The summed E-state index contributed by atoms with van der Waals surface area (Å²) in [6.45, 7) is 4.46. The van der Waals surface area contributed by atoms with Gasteiger partial charge in [-0.3, -0.25) is 9.59 Å². The summed E-state index contributed by atoms with van der Waals surface area (Å²) >= 11 is 0. The maximum Gasteiger partial charge on any atom is 0.158 e. The summed E-state index contributed by atoms with van der Waals surface area (Å²) in [6, 6.07) is 16.2. The molecule has 164 valence electrons. The summed E-state index contributed by atoms with van der Waals surface area (Å²) in [7, 11) is 0. The lowest BCUT2D eigenvalue weighted by molar-refractivity contribution is -0.115. The first-order valence-corrected chi connectivity index (χ1v) is 10.8. The standard InChI is InChI=1S/C27H32O4/c1-3-6-24(28)18-20-30-26-14-10-22(11-15-26)8-5-9-23-12-16-27(17-13-23)31-21-19-25(29)7-4-2/h3-4,6-7,10-17H,5,8-9,18-21H2,1-2H3. The maximum atomic E-state index is 11.4. The minimum atomic E-state index is 0.0817. The molecule has 0 radical (unpaired) electrons. The molecule has 0 N–H and O–H groups in total. The van der Waals surface area contributed by atoms with Gasteiger partial charge in [0.15, 0.2) is 11.6 Å². The Kier molecular flexibility index (Phi) is 10.9. The van der Waals surface area contributed by atoms with E-state index in [0.717, 1.165) is 30.8 Å². The molecule has 0 amide bonds. The Hall–Kier alpha value is -3.14. The Morgan fingerprint density at radius 1 is 0.677 bits per heavy atom. The van der Waals surface area contributed by atoms with Crippen LogP contribution in [0.15, 0.2) is 72.8 Å². The third-order valence-electron chi connectivity index (χ3n) is 4.72. The zero-order chi connectivity index (χ0) is 22.3. The highest BCUT2D eigenvalue weighted by atomic mass is 16.5. The normalized spacial score (nSPS) is 11.2. The van der Waals surface area contributed by atoms with Crippen molar-refractivity contribution in [1.82, 2.24) is 0 Å². The van der Waals surface area contributed by atoms with Gasteiger partial charge in [0, 0.05) is 12.8 Å². The van der Waals surface area contributed by atoms with Crippen molar-refractivity contribution in [3.63, 3.8) is 0 Å². The summed E-state index contributed by atoms with van der Waals surface area (Å²) in [4.78, 5) is 22.9. The van der Waals surface area contributed by atoms with Crippen LogP contribution in [-0.4, -0.2) is 24.8 Å². The molecule has 0 fully saturated rings. The average Bonchev–Trinajstić information content (AvgIpc) is 2.76. The topological polar surface area (TPSA) is 52.6 Å². The van der Waals surface area contributed by atoms with E-state index in [2.05, 4.69) is 24.3 Å². The Bertz CT molecular complexity index is 788. The van der Waals surface area contributed by atoms with Crippen LogP contribution in [-0.2, 0) is 22.4 Å². The number of ether oxygens (including phenoxy) is 2. The lowest BCUT2D eigenvalue weighted by atomic mass is 10.0. The van der Waals surface area contributed by atoms with E-state index >= 15 is 0 Å². The Morgan fingerprint density at radius 2 is 1.06 bits per heavy atom. The van der Waals surface area contributed by atoms with Gasteiger partial charge in [0.25, 0.3) is 0 Å². The number of carbonyl (C=O) groups excluding carboxylic acids is 2. The number of benzene rings is 2. The molecule has 0 bridgehead atoms. The highest BCUT2D eigenvalue weighted by molar-refractivity contribution is 5.89. The average molecular weight is 421 g/mol. The van der Waals surface area contributed by atoms with E-state index in [1.54, 1.807) is 24.3 Å². The predicted molar refractivity (Wildman–Crippen MR) is 125 cm³/mol. The highest BCUT2D eigenvalue weighted by Crippen LogP contribution is 2.17. The largest absolute Gasteiger partial charge is 0.493 e. The van der Waals surface area contributed by atoms with Crippen LogP contribution in [0.4, 0.5) is 0 Å². The number of ketones is 2. The molecule has 0 aliphatic rings. The third-order valence-corrected chi connectivity index (χ3v) is 4.72. The summed E-state index contributed by atoms with van der Waals surface area (Å²) in [5, 5.41) is 0. The van der Waals surface area contributed by atoms with E-state index in [9.17, 15) is 9.59 Å². The van der Waals surface area contributed by atoms with Crippen molar-refractivity contribution in [3.05, 3.63) is 84.0 Å². The molecule has 0 spiro atoms. The van der Waals surface area contributed by atoms with Crippen molar-refractivity contribution in [2.45, 2.75) is 46.0 Å². The summed E-state index contributed by atoms with van der Waals surface area (Å²) in [5.74, 6) is 1.75. The van der Waals surface area contributed by atoms with Crippen molar-refractivity contribution in [3.8, 4) is 11.5 Å². The minimum absolute atomic E-state index is 0.0817. The van der Waals surface area contributed by atoms with Crippen LogP contribution in [0.5, 0.6) is 11.5 Å². The van der Waals surface area contributed by atoms with Crippen LogP contribution in [0, 0.1) is 0 Å². The number of rotatable bonds is 14. The molecule has 0 saturated carbocycles. The first-order chi connectivity index (χ1) is 15.1. The first kappa shape index (κ1) is 24.1. The van der Waals surface area contributed by atoms with Crippen molar-refractivity contribution < 1.29 is 19.1 Å². The number of carbonyl (C=O) groups is 2. The summed E-state index contributed by atoms with van der Waals surface area (Å²) < 4.78 is 11.3. The predicted octanol–water partition coefficient (Wildman–Crippen LogP) is 5.69. The molecule has 0 heterocycles. The second kappa shape index (κ2) is 14.0. The SMILES string of the molecule is CC=CC(=O)CCOc1ccc(CCCc2ccc(OCCC(=O)C=CC)cc2)cc1. The van der Waals surface area contributed by atoms with Gasteiger partial charge in [0.2, 0.25) is 0 Å². The molecule has 31 heavy (non-hydrogen) atoms. The second-order valence-electron chi connectivity index (χ2n) is 7.27. The zero-order valence-corrected chi connectivity index (χ0v) is 18.5. The maximum absolute atomic E-state index is 11.4. The van der Waals surface area contributed by atoms with Gasteiger partial charge >= 0.3 is 0 Å².